The molecule has 0 N–H and O–H groups in total. The van der Waals surface area contributed by atoms with E-state index in [0.29, 0.717) is 0 Å². The highest BCUT2D eigenvalue weighted by atomic mass is 35.5. The quantitative estimate of drug-likeness (QED) is 0.119. The monoisotopic (exact) mass is 660 g/mol. The molecule has 0 aromatic heterocycles. The van der Waals surface area contributed by atoms with E-state index >= 15 is 0 Å². The van der Waals surface area contributed by atoms with Crippen LogP contribution in [0.1, 0.15) is 61.2 Å². The van der Waals surface area contributed by atoms with Crippen molar-refractivity contribution in [3.05, 3.63) is 140 Å². The number of hydrazine groups is 1. The standard InChI is InChI=1S/C35H24Cl3FN2O4/c36-16-15-27(32(42)18-9-12-20(39)13-10-18)40(33(43)25-14-11-19(37)17-26(25)38)41-34(44)30-28-21-5-1-2-6-22(21)29(31(30)35(41)45)24-8-4-3-7-23(24)28/h1-14,17,27-31H,15-16H2/t27-,28?,29?,30-,31+/m1/s1. The van der Waals surface area contributed by atoms with Crippen LogP contribution in [0.5, 0.6) is 0 Å². The largest absolute Gasteiger partial charge is 0.292 e. The maximum atomic E-state index is 14.7. The fourth-order valence-electron chi connectivity index (χ4n) is 7.31. The van der Waals surface area contributed by atoms with Gasteiger partial charge in [-0.1, -0.05) is 71.7 Å². The van der Waals surface area contributed by atoms with Gasteiger partial charge in [-0.3, -0.25) is 19.2 Å². The van der Waals surface area contributed by atoms with E-state index in [2.05, 4.69) is 0 Å². The van der Waals surface area contributed by atoms with Gasteiger partial charge in [-0.05, 0) is 71.1 Å². The van der Waals surface area contributed by atoms with Gasteiger partial charge in [0.2, 0.25) is 0 Å². The molecule has 3 amide bonds. The zero-order valence-electron chi connectivity index (χ0n) is 23.5. The van der Waals surface area contributed by atoms with Gasteiger partial charge in [-0.25, -0.2) is 9.40 Å². The maximum Gasteiger partial charge on any atom is 0.275 e. The Kier molecular flexibility index (Phi) is 7.51. The first-order valence-electron chi connectivity index (χ1n) is 14.4. The molecule has 2 bridgehead atoms. The number of hydrogen-bond donors (Lipinski definition) is 0. The average Bonchev–Trinajstić information content (AvgIpc) is 3.30. The van der Waals surface area contributed by atoms with Crippen molar-refractivity contribution >= 4 is 58.3 Å². The number of carbonyl (C=O) groups excluding carboxylic acids is 4. The summed E-state index contributed by atoms with van der Waals surface area (Å²) in [5, 5.41) is 2.02. The summed E-state index contributed by atoms with van der Waals surface area (Å²) < 4.78 is 13.8. The highest BCUT2D eigenvalue weighted by Gasteiger charge is 2.63. The minimum atomic E-state index is -1.39. The van der Waals surface area contributed by atoms with Gasteiger partial charge in [0.05, 0.1) is 22.4 Å². The summed E-state index contributed by atoms with van der Waals surface area (Å²) in [7, 11) is 0. The highest BCUT2D eigenvalue weighted by molar-refractivity contribution is 6.37. The third-order valence-electron chi connectivity index (χ3n) is 9.12. The Balaban J connectivity index is 1.39. The Morgan fingerprint density at radius 1 is 0.778 bits per heavy atom. The van der Waals surface area contributed by atoms with Gasteiger partial charge >= 0.3 is 0 Å². The molecule has 3 atom stereocenters. The van der Waals surface area contributed by atoms with Crippen LogP contribution in [0, 0.1) is 17.7 Å². The third kappa shape index (κ3) is 4.59. The number of benzene rings is 4. The Labute approximate surface area is 273 Å². The lowest BCUT2D eigenvalue weighted by atomic mass is 9.55. The Morgan fingerprint density at radius 2 is 1.29 bits per heavy atom. The van der Waals surface area contributed by atoms with Crippen LogP contribution < -0.4 is 0 Å². The highest BCUT2D eigenvalue weighted by Crippen LogP contribution is 2.61. The number of Topliss-reactive ketones (excluding diaryl/α,β-unsaturated/α-hetero) is 1. The maximum absolute atomic E-state index is 14.7. The molecule has 1 saturated heterocycles. The normalized spacial score (nSPS) is 21.6. The minimum Gasteiger partial charge on any atom is -0.292 e. The predicted octanol–water partition coefficient (Wildman–Crippen LogP) is 7.26. The fraction of sp³-hybridized carbons (Fsp3) is 0.200. The minimum absolute atomic E-state index is 0.0206. The summed E-state index contributed by atoms with van der Waals surface area (Å²) in [5.41, 5.74) is 3.88. The van der Waals surface area contributed by atoms with Crippen LogP contribution in [0.4, 0.5) is 4.39 Å². The summed E-state index contributed by atoms with van der Waals surface area (Å²) in [4.78, 5) is 57.8. The Morgan fingerprint density at radius 3 is 1.76 bits per heavy atom. The number of alkyl halides is 1. The van der Waals surface area contributed by atoms with Crippen LogP contribution in [-0.4, -0.2) is 45.4 Å². The van der Waals surface area contributed by atoms with E-state index in [1.807, 2.05) is 48.5 Å². The lowest BCUT2D eigenvalue weighted by Gasteiger charge is -2.45. The van der Waals surface area contributed by atoms with E-state index in [9.17, 15) is 23.6 Å². The molecule has 3 aliphatic carbocycles. The molecule has 226 valence electrons. The van der Waals surface area contributed by atoms with Crippen LogP contribution in [0.2, 0.25) is 10.0 Å². The SMILES string of the molecule is O=C(c1ccc(F)cc1)[C@@H](CCCl)N(C(=O)c1ccc(Cl)cc1Cl)N1C(=O)[C@@H]2C3c4ccccc4C(c4ccccc43)[C@@H]2C1=O. The average molecular weight is 662 g/mol. The number of rotatable bonds is 7. The van der Waals surface area contributed by atoms with Crippen molar-refractivity contribution in [2.75, 3.05) is 5.88 Å². The molecule has 0 unspecified atom stereocenters. The van der Waals surface area contributed by atoms with Gasteiger partial charge in [0.25, 0.3) is 17.7 Å². The predicted molar refractivity (Wildman–Crippen MR) is 168 cm³/mol. The molecular weight excluding hydrogens is 638 g/mol. The van der Waals surface area contributed by atoms with E-state index in [4.69, 9.17) is 34.8 Å². The van der Waals surface area contributed by atoms with Crippen molar-refractivity contribution < 1.29 is 23.6 Å². The van der Waals surface area contributed by atoms with Gasteiger partial charge < -0.3 is 0 Å². The molecule has 10 heteroatoms. The van der Waals surface area contributed by atoms with Crippen molar-refractivity contribution in [3.8, 4) is 0 Å². The van der Waals surface area contributed by atoms with Crippen molar-refractivity contribution in [3.63, 3.8) is 0 Å². The zero-order valence-corrected chi connectivity index (χ0v) is 25.8. The van der Waals surface area contributed by atoms with Crippen LogP contribution in [-0.2, 0) is 9.59 Å². The van der Waals surface area contributed by atoms with Crippen LogP contribution in [0.25, 0.3) is 0 Å². The molecule has 8 rings (SSSR count). The topological polar surface area (TPSA) is 74.8 Å². The fourth-order valence-corrected chi connectivity index (χ4v) is 8.00. The van der Waals surface area contributed by atoms with Gasteiger partial charge in [0.15, 0.2) is 5.78 Å². The van der Waals surface area contributed by atoms with Crippen molar-refractivity contribution in [2.45, 2.75) is 24.3 Å². The second kappa shape index (κ2) is 11.4. The zero-order chi connectivity index (χ0) is 31.6. The first-order valence-corrected chi connectivity index (χ1v) is 15.7. The number of halogens is 4. The van der Waals surface area contributed by atoms with E-state index in [0.717, 1.165) is 44.4 Å². The summed E-state index contributed by atoms with van der Waals surface area (Å²) in [6, 6.07) is 23.2. The number of ketones is 1. The van der Waals surface area contributed by atoms with Gasteiger partial charge in [-0.15, -0.1) is 11.6 Å². The van der Waals surface area contributed by atoms with Gasteiger partial charge in [0, 0.05) is 28.3 Å². The number of imide groups is 1. The molecular formula is C35H24Cl3FN2O4. The van der Waals surface area contributed by atoms with E-state index in [1.165, 1.54) is 30.3 Å². The summed E-state index contributed by atoms with van der Waals surface area (Å²) in [6.07, 6.45) is -0.103. The molecule has 4 aliphatic rings. The second-order valence-electron chi connectivity index (χ2n) is 11.4. The van der Waals surface area contributed by atoms with Crippen LogP contribution in [0.3, 0.4) is 0 Å². The molecule has 1 fully saturated rings. The summed E-state index contributed by atoms with van der Waals surface area (Å²) in [6.45, 7) is 0. The first-order chi connectivity index (χ1) is 21.7. The lowest BCUT2D eigenvalue weighted by molar-refractivity contribution is -0.156. The van der Waals surface area contributed by atoms with Crippen molar-refractivity contribution in [1.29, 1.82) is 0 Å². The smallest absolute Gasteiger partial charge is 0.275 e. The molecule has 1 aliphatic heterocycles. The lowest BCUT2D eigenvalue weighted by Crippen LogP contribution is -2.57. The molecule has 0 spiro atoms. The second-order valence-corrected chi connectivity index (χ2v) is 12.6. The molecule has 6 nitrogen and oxygen atoms in total. The van der Waals surface area contributed by atoms with Gasteiger partial charge in [0.1, 0.15) is 11.9 Å². The van der Waals surface area contributed by atoms with Crippen LogP contribution >= 0.6 is 34.8 Å². The van der Waals surface area contributed by atoms with E-state index in [1.54, 1.807) is 0 Å². The molecule has 4 aromatic rings. The molecule has 0 radical (unpaired) electrons. The number of hydrogen-bond acceptors (Lipinski definition) is 4. The van der Waals surface area contributed by atoms with E-state index < -0.39 is 59.0 Å². The number of carbonyl (C=O) groups is 4. The van der Waals surface area contributed by atoms with Crippen LogP contribution in [0.15, 0.2) is 91.0 Å². The summed E-state index contributed by atoms with van der Waals surface area (Å²) in [5.74, 6) is -5.73. The van der Waals surface area contributed by atoms with Gasteiger partial charge in [-0.2, -0.15) is 5.01 Å². The Bertz CT molecular complexity index is 1780. The molecule has 45 heavy (non-hydrogen) atoms. The molecule has 0 saturated carbocycles. The third-order valence-corrected chi connectivity index (χ3v) is 9.89. The molecule has 4 aromatic carbocycles. The van der Waals surface area contributed by atoms with Crippen molar-refractivity contribution in [2.24, 2.45) is 11.8 Å². The Hall–Kier alpha value is -4.04. The number of nitrogens with zero attached hydrogens (tertiary/aromatic N) is 2. The van der Waals surface area contributed by atoms with E-state index in [-0.39, 0.29) is 33.5 Å². The first kappa shape index (κ1) is 29.7. The summed E-state index contributed by atoms with van der Waals surface area (Å²) >= 11 is 18.8. The number of amides is 3. The van der Waals surface area contributed by atoms with Crippen molar-refractivity contribution in [1.82, 2.24) is 10.0 Å². The molecule has 1 heterocycles.